The molecule has 1 aromatic rings. The number of anilines is 1. The van der Waals surface area contributed by atoms with E-state index in [1.165, 1.54) is 44.6 Å². The van der Waals surface area contributed by atoms with E-state index < -0.39 is 10.0 Å². The average Bonchev–Trinajstić information content (AvgIpc) is 2.48. The summed E-state index contributed by atoms with van der Waals surface area (Å²) in [5.74, 6) is 2.43. The first-order valence-corrected chi connectivity index (χ1v) is 11.1. The molecule has 4 saturated carbocycles. The van der Waals surface area contributed by atoms with E-state index in [-0.39, 0.29) is 16.2 Å². The molecule has 0 spiro atoms. The minimum atomic E-state index is -3.80. The van der Waals surface area contributed by atoms with Crippen molar-refractivity contribution in [3.63, 3.8) is 0 Å². The van der Waals surface area contributed by atoms with Gasteiger partial charge in [-0.15, -0.1) is 0 Å². The van der Waals surface area contributed by atoms with E-state index in [0.29, 0.717) is 12.1 Å². The molecule has 0 aliphatic heterocycles. The zero-order valence-electron chi connectivity index (χ0n) is 15.5. The summed E-state index contributed by atoms with van der Waals surface area (Å²) in [6.07, 6.45) is 8.17. The molecule has 4 bridgehead atoms. The molecule has 0 heterocycles. The molecule has 5 nitrogen and oxygen atoms in total. The molecule has 1 aromatic carbocycles. The molecule has 4 aliphatic rings. The molecule has 3 N–H and O–H groups in total. The van der Waals surface area contributed by atoms with Crippen LogP contribution >= 0.6 is 0 Å². The summed E-state index contributed by atoms with van der Waals surface area (Å²) in [4.78, 5) is 12.9. The van der Waals surface area contributed by atoms with Crippen LogP contribution in [0, 0.1) is 37.0 Å². The highest BCUT2D eigenvalue weighted by atomic mass is 32.2. The molecule has 0 saturated heterocycles. The molecular formula is C20H28N2O3S. The predicted octanol–water partition coefficient (Wildman–Crippen LogP) is 3.50. The number of carbonyl (C=O) groups is 1. The number of carbonyl (C=O) groups excluding carboxylic acids is 1. The smallest absolute Gasteiger partial charge is 0.238 e. The van der Waals surface area contributed by atoms with E-state index in [9.17, 15) is 13.2 Å². The molecule has 0 aromatic heterocycles. The molecular weight excluding hydrogens is 348 g/mol. The summed E-state index contributed by atoms with van der Waals surface area (Å²) in [6.45, 7) is 3.72. The van der Waals surface area contributed by atoms with E-state index in [4.69, 9.17) is 5.14 Å². The highest BCUT2D eigenvalue weighted by Crippen LogP contribution is 2.61. The van der Waals surface area contributed by atoms with E-state index >= 15 is 0 Å². The first-order chi connectivity index (χ1) is 12.1. The van der Waals surface area contributed by atoms with Gasteiger partial charge in [0, 0.05) is 12.1 Å². The van der Waals surface area contributed by atoms with Crippen LogP contribution in [0.15, 0.2) is 17.0 Å². The molecule has 6 heteroatoms. The zero-order valence-corrected chi connectivity index (χ0v) is 16.4. The number of sulfonamides is 1. The van der Waals surface area contributed by atoms with Crippen LogP contribution in [0.4, 0.5) is 5.69 Å². The van der Waals surface area contributed by atoms with Crippen LogP contribution in [0.2, 0.25) is 0 Å². The van der Waals surface area contributed by atoms with Crippen LogP contribution < -0.4 is 10.5 Å². The highest BCUT2D eigenvalue weighted by Gasteiger charge is 2.51. The molecule has 1 amide bonds. The normalized spacial score (nSPS) is 32.7. The lowest BCUT2D eigenvalue weighted by Crippen LogP contribution is -2.47. The summed E-state index contributed by atoms with van der Waals surface area (Å²) >= 11 is 0. The number of rotatable bonds is 4. The van der Waals surface area contributed by atoms with Crippen LogP contribution in [0.5, 0.6) is 0 Å². The van der Waals surface area contributed by atoms with E-state index in [0.717, 1.165) is 28.9 Å². The van der Waals surface area contributed by atoms with Crippen molar-refractivity contribution < 1.29 is 13.2 Å². The Labute approximate surface area is 155 Å². The largest absolute Gasteiger partial charge is 0.326 e. The van der Waals surface area contributed by atoms with Crippen molar-refractivity contribution in [1.82, 2.24) is 0 Å². The number of aryl methyl sites for hydroxylation is 1. The van der Waals surface area contributed by atoms with Gasteiger partial charge in [0.15, 0.2) is 0 Å². The van der Waals surface area contributed by atoms with Crippen molar-refractivity contribution in [2.75, 3.05) is 5.32 Å². The van der Waals surface area contributed by atoms with Gasteiger partial charge in [0.25, 0.3) is 0 Å². The summed E-state index contributed by atoms with van der Waals surface area (Å²) in [7, 11) is -3.80. The third kappa shape index (κ3) is 3.29. The average molecular weight is 377 g/mol. The number of hydrogen-bond donors (Lipinski definition) is 2. The van der Waals surface area contributed by atoms with Crippen molar-refractivity contribution in [2.45, 2.75) is 63.7 Å². The minimum absolute atomic E-state index is 0.000944. The topological polar surface area (TPSA) is 89.3 Å². The molecule has 0 unspecified atom stereocenters. The fourth-order valence-electron chi connectivity index (χ4n) is 6.16. The van der Waals surface area contributed by atoms with Crippen LogP contribution in [-0.4, -0.2) is 14.3 Å². The Kier molecular flexibility index (Phi) is 4.19. The van der Waals surface area contributed by atoms with Crippen LogP contribution in [0.3, 0.4) is 0 Å². The van der Waals surface area contributed by atoms with Crippen molar-refractivity contribution in [3.05, 3.63) is 23.3 Å². The lowest BCUT2D eigenvalue weighted by Gasteiger charge is -2.56. The second kappa shape index (κ2) is 6.06. The van der Waals surface area contributed by atoms with Crippen molar-refractivity contribution in [2.24, 2.45) is 28.3 Å². The monoisotopic (exact) mass is 376 g/mol. The Morgan fingerprint density at radius 2 is 1.65 bits per heavy atom. The Balaban J connectivity index is 1.53. The van der Waals surface area contributed by atoms with Gasteiger partial charge in [0.2, 0.25) is 15.9 Å². The standard InChI is InChI=1S/C20H28N2O3S/c1-12-3-17(26(21,24)25)7-18(13(12)2)22-19(23)11-20-8-14-4-15(9-20)6-16(5-14)10-20/h3,7,14-16H,4-6,8-11H2,1-2H3,(H,22,23)(H2,21,24,25). The maximum absolute atomic E-state index is 12.8. The van der Waals surface area contributed by atoms with E-state index in [1.54, 1.807) is 6.07 Å². The summed E-state index contributed by atoms with van der Waals surface area (Å²) in [6, 6.07) is 3.04. The number of hydrogen-bond acceptors (Lipinski definition) is 3. The number of nitrogens with one attached hydrogen (secondary N) is 1. The van der Waals surface area contributed by atoms with Gasteiger partial charge in [-0.25, -0.2) is 13.6 Å². The summed E-state index contributed by atoms with van der Waals surface area (Å²) in [5.41, 5.74) is 2.42. The molecule has 5 rings (SSSR count). The second-order valence-electron chi connectivity index (χ2n) is 9.10. The van der Waals surface area contributed by atoms with Crippen molar-refractivity contribution >= 4 is 21.6 Å². The number of nitrogens with two attached hydrogens (primary N) is 1. The first-order valence-electron chi connectivity index (χ1n) is 9.57. The molecule has 26 heavy (non-hydrogen) atoms. The van der Waals surface area contributed by atoms with Gasteiger partial charge in [-0.1, -0.05) is 0 Å². The summed E-state index contributed by atoms with van der Waals surface area (Å²) < 4.78 is 23.4. The maximum atomic E-state index is 12.8. The van der Waals surface area contributed by atoms with Crippen LogP contribution in [0.25, 0.3) is 0 Å². The fourth-order valence-corrected chi connectivity index (χ4v) is 6.79. The zero-order chi connectivity index (χ0) is 18.7. The van der Waals surface area contributed by atoms with Gasteiger partial charge in [-0.2, -0.15) is 0 Å². The molecule has 0 radical (unpaired) electrons. The van der Waals surface area contributed by atoms with Gasteiger partial charge < -0.3 is 5.32 Å². The number of primary sulfonamides is 1. The third-order valence-electron chi connectivity index (χ3n) is 6.94. The SMILES string of the molecule is Cc1cc(S(N)(=O)=O)cc(NC(=O)CC23CC4CC(CC(C4)C2)C3)c1C. The van der Waals surface area contributed by atoms with Gasteiger partial charge in [-0.05, 0) is 98.8 Å². The number of amides is 1. The van der Waals surface area contributed by atoms with E-state index in [2.05, 4.69) is 5.32 Å². The lowest BCUT2D eigenvalue weighted by molar-refractivity contribution is -0.124. The lowest BCUT2D eigenvalue weighted by atomic mass is 9.49. The molecule has 4 aliphatic carbocycles. The van der Waals surface area contributed by atoms with Gasteiger partial charge in [0.05, 0.1) is 4.90 Å². The molecule has 4 fully saturated rings. The molecule has 142 valence electrons. The van der Waals surface area contributed by atoms with Crippen molar-refractivity contribution in [3.8, 4) is 0 Å². The summed E-state index contributed by atoms with van der Waals surface area (Å²) in [5, 5.41) is 8.25. The highest BCUT2D eigenvalue weighted by molar-refractivity contribution is 7.89. The second-order valence-corrected chi connectivity index (χ2v) is 10.7. The maximum Gasteiger partial charge on any atom is 0.238 e. The number of benzene rings is 1. The van der Waals surface area contributed by atoms with Crippen molar-refractivity contribution in [1.29, 1.82) is 0 Å². The van der Waals surface area contributed by atoms with Gasteiger partial charge in [-0.3, -0.25) is 4.79 Å². The predicted molar refractivity (Wildman–Crippen MR) is 101 cm³/mol. The Morgan fingerprint density at radius 1 is 1.12 bits per heavy atom. The Bertz CT molecular complexity index is 825. The quantitative estimate of drug-likeness (QED) is 0.843. The minimum Gasteiger partial charge on any atom is -0.326 e. The molecule has 0 atom stereocenters. The van der Waals surface area contributed by atoms with Crippen LogP contribution in [-0.2, 0) is 14.8 Å². The van der Waals surface area contributed by atoms with Crippen LogP contribution in [0.1, 0.15) is 56.1 Å². The van der Waals surface area contributed by atoms with E-state index in [1.807, 2.05) is 13.8 Å². The third-order valence-corrected chi connectivity index (χ3v) is 7.84. The Morgan fingerprint density at radius 3 is 2.15 bits per heavy atom. The Hall–Kier alpha value is -1.40. The fraction of sp³-hybridized carbons (Fsp3) is 0.650. The van der Waals surface area contributed by atoms with Gasteiger partial charge >= 0.3 is 0 Å². The first kappa shape index (κ1) is 18.0. The van der Waals surface area contributed by atoms with Gasteiger partial charge in [0.1, 0.15) is 0 Å².